The molecule has 0 atom stereocenters. The molecule has 0 saturated heterocycles. The zero-order valence-electron chi connectivity index (χ0n) is 10.2. The Labute approximate surface area is 105 Å². The van der Waals surface area contributed by atoms with Crippen LogP contribution in [0.15, 0.2) is 24.7 Å². The summed E-state index contributed by atoms with van der Waals surface area (Å²) in [6, 6.07) is 1.81. The molecular formula is C14H13N3O. The maximum Gasteiger partial charge on any atom is 0.256 e. The zero-order chi connectivity index (χ0) is 12.7. The molecule has 0 radical (unpaired) electrons. The van der Waals surface area contributed by atoms with Crippen molar-refractivity contribution in [1.29, 1.82) is 0 Å². The van der Waals surface area contributed by atoms with Crippen LogP contribution in [0.1, 0.15) is 22.4 Å². The normalized spacial score (nSPS) is 15.9. The van der Waals surface area contributed by atoms with Gasteiger partial charge in [0.05, 0.1) is 11.3 Å². The maximum atomic E-state index is 11.9. The van der Waals surface area contributed by atoms with Gasteiger partial charge in [-0.3, -0.25) is 9.78 Å². The first kappa shape index (κ1) is 10.8. The van der Waals surface area contributed by atoms with Crippen LogP contribution in [0.4, 0.5) is 5.69 Å². The quantitative estimate of drug-likeness (QED) is 0.751. The molecule has 0 bridgehead atoms. The number of rotatable bonds is 1. The van der Waals surface area contributed by atoms with Crippen molar-refractivity contribution in [3.63, 3.8) is 0 Å². The summed E-state index contributed by atoms with van der Waals surface area (Å²) in [7, 11) is 0. The van der Waals surface area contributed by atoms with E-state index < -0.39 is 0 Å². The van der Waals surface area contributed by atoms with Gasteiger partial charge in [-0.25, -0.2) is 0 Å². The molecule has 90 valence electrons. The van der Waals surface area contributed by atoms with Gasteiger partial charge >= 0.3 is 0 Å². The number of carbonyl (C=O) groups excluding carboxylic acids is 1. The molecule has 0 saturated carbocycles. The van der Waals surface area contributed by atoms with Crippen molar-refractivity contribution in [2.24, 2.45) is 0 Å². The number of aromatic nitrogens is 2. The predicted molar refractivity (Wildman–Crippen MR) is 71.0 cm³/mol. The highest BCUT2D eigenvalue weighted by Crippen LogP contribution is 2.32. The molecule has 0 aliphatic carbocycles. The molecule has 2 aromatic heterocycles. The van der Waals surface area contributed by atoms with E-state index in [0.717, 1.165) is 22.5 Å². The lowest BCUT2D eigenvalue weighted by molar-refractivity contribution is -0.110. The van der Waals surface area contributed by atoms with E-state index in [4.69, 9.17) is 0 Å². The van der Waals surface area contributed by atoms with Crippen LogP contribution in [-0.2, 0) is 4.79 Å². The summed E-state index contributed by atoms with van der Waals surface area (Å²) >= 11 is 0. The second kappa shape index (κ2) is 3.84. The van der Waals surface area contributed by atoms with E-state index in [9.17, 15) is 4.79 Å². The lowest BCUT2D eigenvalue weighted by Crippen LogP contribution is -2.03. The molecule has 4 heteroatoms. The third-order valence-electron chi connectivity index (χ3n) is 3.33. The van der Waals surface area contributed by atoms with Gasteiger partial charge in [0.2, 0.25) is 0 Å². The van der Waals surface area contributed by atoms with Crippen LogP contribution in [0.5, 0.6) is 0 Å². The highest BCUT2D eigenvalue weighted by atomic mass is 16.2. The number of nitrogens with zero attached hydrogens (tertiary/aromatic N) is 1. The van der Waals surface area contributed by atoms with Crippen molar-refractivity contribution < 1.29 is 4.79 Å². The number of aryl methyl sites for hydroxylation is 1. The second-order valence-electron chi connectivity index (χ2n) is 4.44. The van der Waals surface area contributed by atoms with E-state index in [1.165, 1.54) is 5.56 Å². The monoisotopic (exact) mass is 239 g/mol. The van der Waals surface area contributed by atoms with E-state index >= 15 is 0 Å². The number of hydrogen-bond acceptors (Lipinski definition) is 2. The average Bonchev–Trinajstić information content (AvgIpc) is 2.85. The molecule has 4 nitrogen and oxygen atoms in total. The average molecular weight is 239 g/mol. The number of H-pyrrole nitrogens is 1. The van der Waals surface area contributed by atoms with Crippen molar-refractivity contribution in [1.82, 2.24) is 9.97 Å². The van der Waals surface area contributed by atoms with Crippen molar-refractivity contribution in [2.75, 3.05) is 5.32 Å². The Bertz CT molecular complexity index is 667. The molecule has 1 aliphatic heterocycles. The van der Waals surface area contributed by atoms with Gasteiger partial charge in [-0.05, 0) is 37.1 Å². The topological polar surface area (TPSA) is 57.8 Å². The summed E-state index contributed by atoms with van der Waals surface area (Å²) in [6.45, 7) is 4.08. The fraction of sp³-hybridized carbons (Fsp3) is 0.143. The number of aromatic amines is 1. The third kappa shape index (κ3) is 1.54. The summed E-state index contributed by atoms with van der Waals surface area (Å²) in [4.78, 5) is 19.2. The Morgan fingerprint density at radius 3 is 2.89 bits per heavy atom. The molecule has 2 aromatic rings. The van der Waals surface area contributed by atoms with Gasteiger partial charge in [-0.15, -0.1) is 0 Å². The highest BCUT2D eigenvalue weighted by molar-refractivity contribution is 6.34. The Morgan fingerprint density at radius 2 is 2.17 bits per heavy atom. The number of carbonyl (C=O) groups is 1. The summed E-state index contributed by atoms with van der Waals surface area (Å²) < 4.78 is 0. The van der Waals surface area contributed by atoms with Gasteiger partial charge < -0.3 is 10.3 Å². The van der Waals surface area contributed by atoms with Crippen LogP contribution in [0.25, 0.3) is 11.6 Å². The summed E-state index contributed by atoms with van der Waals surface area (Å²) in [6.07, 6.45) is 7.21. The van der Waals surface area contributed by atoms with E-state index in [0.29, 0.717) is 5.57 Å². The van der Waals surface area contributed by atoms with Gasteiger partial charge in [-0.2, -0.15) is 0 Å². The Morgan fingerprint density at radius 1 is 1.33 bits per heavy atom. The van der Waals surface area contributed by atoms with E-state index in [1.807, 2.05) is 26.1 Å². The Hall–Kier alpha value is -2.36. The number of fused-ring (bicyclic) bond motifs is 1. The lowest BCUT2D eigenvalue weighted by atomic mass is 10.1. The van der Waals surface area contributed by atoms with Crippen molar-refractivity contribution in [2.45, 2.75) is 13.8 Å². The fourth-order valence-corrected chi connectivity index (χ4v) is 2.08. The molecule has 0 fully saturated rings. The summed E-state index contributed by atoms with van der Waals surface area (Å²) in [5.41, 5.74) is 5.65. The van der Waals surface area contributed by atoms with Crippen LogP contribution in [0.2, 0.25) is 0 Å². The van der Waals surface area contributed by atoms with E-state index in [-0.39, 0.29) is 5.91 Å². The largest absolute Gasteiger partial charge is 0.361 e. The number of nitrogens with one attached hydrogen (secondary N) is 2. The third-order valence-corrected chi connectivity index (χ3v) is 3.33. The first-order valence-corrected chi connectivity index (χ1v) is 5.79. The second-order valence-corrected chi connectivity index (χ2v) is 4.44. The van der Waals surface area contributed by atoms with Crippen molar-refractivity contribution >= 4 is 23.2 Å². The number of amides is 1. The number of anilines is 1. The first-order valence-electron chi connectivity index (χ1n) is 5.79. The SMILES string of the molecule is Cc1c[nH]c(C=C2C(=O)Nc3ccncc32)c1C. The van der Waals surface area contributed by atoms with E-state index in [2.05, 4.69) is 15.3 Å². The number of hydrogen-bond donors (Lipinski definition) is 2. The zero-order valence-corrected chi connectivity index (χ0v) is 10.2. The molecule has 0 spiro atoms. The van der Waals surface area contributed by atoms with Gasteiger partial charge in [0, 0.05) is 29.8 Å². The fourth-order valence-electron chi connectivity index (χ4n) is 2.08. The van der Waals surface area contributed by atoms with Crippen molar-refractivity contribution in [3.05, 3.63) is 47.0 Å². The molecule has 1 amide bonds. The molecule has 0 unspecified atom stereocenters. The molecule has 1 aliphatic rings. The molecule has 0 aromatic carbocycles. The Balaban J connectivity index is 2.12. The van der Waals surface area contributed by atoms with Gasteiger partial charge in [-0.1, -0.05) is 0 Å². The van der Waals surface area contributed by atoms with Crippen LogP contribution in [0.3, 0.4) is 0 Å². The van der Waals surface area contributed by atoms with Crippen LogP contribution in [-0.4, -0.2) is 15.9 Å². The van der Waals surface area contributed by atoms with Crippen LogP contribution >= 0.6 is 0 Å². The Kier molecular flexibility index (Phi) is 2.30. The first-order chi connectivity index (χ1) is 8.66. The molecule has 2 N–H and O–H groups in total. The number of pyridine rings is 1. The molecule has 3 heterocycles. The molecule has 18 heavy (non-hydrogen) atoms. The standard InChI is InChI=1S/C14H13N3O/c1-8-6-16-13(9(8)2)5-10-11-7-15-4-3-12(11)17-14(10)18/h3-7,16H,1-2H3,(H,17,18). The summed E-state index contributed by atoms with van der Waals surface area (Å²) in [5.74, 6) is -0.0790. The van der Waals surface area contributed by atoms with Crippen molar-refractivity contribution in [3.8, 4) is 0 Å². The maximum absolute atomic E-state index is 11.9. The van der Waals surface area contributed by atoms with Gasteiger partial charge in [0.1, 0.15) is 0 Å². The molecule has 3 rings (SSSR count). The smallest absolute Gasteiger partial charge is 0.256 e. The van der Waals surface area contributed by atoms with Gasteiger partial charge in [0.15, 0.2) is 0 Å². The van der Waals surface area contributed by atoms with Gasteiger partial charge in [0.25, 0.3) is 5.91 Å². The predicted octanol–water partition coefficient (Wildman–Crippen LogP) is 2.52. The lowest BCUT2D eigenvalue weighted by Gasteiger charge is -1.97. The minimum absolute atomic E-state index is 0.0790. The highest BCUT2D eigenvalue weighted by Gasteiger charge is 2.24. The van der Waals surface area contributed by atoms with Crippen LogP contribution < -0.4 is 5.32 Å². The minimum atomic E-state index is -0.0790. The van der Waals surface area contributed by atoms with E-state index in [1.54, 1.807) is 18.5 Å². The minimum Gasteiger partial charge on any atom is -0.361 e. The summed E-state index contributed by atoms with van der Waals surface area (Å²) in [5, 5.41) is 2.83. The molecular weight excluding hydrogens is 226 g/mol. The van der Waals surface area contributed by atoms with Crippen LogP contribution in [0, 0.1) is 13.8 Å².